The molecule has 2 atom stereocenters. The van der Waals surface area contributed by atoms with Crippen LogP contribution in [0.4, 0.5) is 5.95 Å². The quantitative estimate of drug-likeness (QED) is 0.888. The number of anilines is 1. The number of carboxylic acids is 1. The Labute approximate surface area is 147 Å². The monoisotopic (exact) mass is 344 g/mol. The second kappa shape index (κ2) is 6.61. The first kappa shape index (κ1) is 16.3. The summed E-state index contributed by atoms with van der Waals surface area (Å²) in [6, 6.07) is 1.79. The molecule has 1 aliphatic heterocycles. The number of aliphatic carboxylic acids is 1. The molecule has 2 heterocycles. The van der Waals surface area contributed by atoms with Gasteiger partial charge in [-0.3, -0.25) is 9.59 Å². The van der Waals surface area contributed by atoms with E-state index in [4.69, 9.17) is 0 Å². The summed E-state index contributed by atoms with van der Waals surface area (Å²) in [5.74, 6) is -0.446. The van der Waals surface area contributed by atoms with E-state index in [1.807, 2.05) is 4.90 Å². The van der Waals surface area contributed by atoms with Gasteiger partial charge in [0.1, 0.15) is 0 Å². The molecule has 7 heteroatoms. The molecule has 3 aliphatic carbocycles. The van der Waals surface area contributed by atoms with Crippen molar-refractivity contribution in [3.05, 3.63) is 18.5 Å². The van der Waals surface area contributed by atoms with Gasteiger partial charge in [0.25, 0.3) is 0 Å². The lowest BCUT2D eigenvalue weighted by Crippen LogP contribution is -2.56. The van der Waals surface area contributed by atoms with Gasteiger partial charge in [0.15, 0.2) is 0 Å². The molecule has 4 aliphatic rings. The maximum atomic E-state index is 13.1. The first-order valence-electron chi connectivity index (χ1n) is 9.18. The van der Waals surface area contributed by atoms with Crippen LogP contribution in [0.15, 0.2) is 18.5 Å². The molecule has 0 spiro atoms. The molecule has 0 unspecified atom stereocenters. The number of piperazine rings is 1. The van der Waals surface area contributed by atoms with Gasteiger partial charge >= 0.3 is 5.97 Å². The lowest BCUT2D eigenvalue weighted by molar-refractivity contribution is -0.162. The minimum Gasteiger partial charge on any atom is -0.481 e. The SMILES string of the molecule is O=C(O)[C@@H]1C2CCC(CC2)[C@H]1C(=O)N1CCN(c2ncccn2)CC1. The average Bonchev–Trinajstić information content (AvgIpc) is 2.68. The van der Waals surface area contributed by atoms with E-state index in [2.05, 4.69) is 14.9 Å². The third kappa shape index (κ3) is 2.96. The molecule has 25 heavy (non-hydrogen) atoms. The highest BCUT2D eigenvalue weighted by molar-refractivity contribution is 5.86. The highest BCUT2D eigenvalue weighted by atomic mass is 16.4. The molecular weight excluding hydrogens is 320 g/mol. The van der Waals surface area contributed by atoms with Gasteiger partial charge in [0, 0.05) is 38.6 Å². The lowest BCUT2D eigenvalue weighted by atomic mass is 9.58. The van der Waals surface area contributed by atoms with E-state index in [0.717, 1.165) is 25.7 Å². The van der Waals surface area contributed by atoms with Gasteiger partial charge in [-0.05, 0) is 43.6 Å². The van der Waals surface area contributed by atoms with Crippen molar-refractivity contribution in [2.75, 3.05) is 31.1 Å². The fraction of sp³-hybridized carbons (Fsp3) is 0.667. The fourth-order valence-corrected chi connectivity index (χ4v) is 4.95. The Kier molecular flexibility index (Phi) is 4.31. The zero-order valence-corrected chi connectivity index (χ0v) is 14.3. The molecule has 3 saturated carbocycles. The van der Waals surface area contributed by atoms with E-state index in [0.29, 0.717) is 32.1 Å². The molecular formula is C18H24N4O3. The second-order valence-corrected chi connectivity index (χ2v) is 7.43. The molecule has 5 rings (SSSR count). The highest BCUT2D eigenvalue weighted by Crippen LogP contribution is 2.49. The number of nitrogens with zero attached hydrogens (tertiary/aromatic N) is 4. The third-order valence-corrected chi connectivity index (χ3v) is 6.22. The zero-order valence-electron chi connectivity index (χ0n) is 14.3. The highest BCUT2D eigenvalue weighted by Gasteiger charge is 2.51. The van der Waals surface area contributed by atoms with E-state index in [9.17, 15) is 14.7 Å². The maximum absolute atomic E-state index is 13.1. The predicted molar refractivity (Wildman–Crippen MR) is 90.9 cm³/mol. The van der Waals surface area contributed by atoms with Gasteiger partial charge in [-0.15, -0.1) is 0 Å². The van der Waals surface area contributed by atoms with Crippen LogP contribution in [-0.4, -0.2) is 58.0 Å². The summed E-state index contributed by atoms with van der Waals surface area (Å²) < 4.78 is 0. The number of fused-ring (bicyclic) bond motifs is 3. The van der Waals surface area contributed by atoms with Gasteiger partial charge in [-0.2, -0.15) is 0 Å². The third-order valence-electron chi connectivity index (χ3n) is 6.22. The van der Waals surface area contributed by atoms with Gasteiger partial charge in [-0.1, -0.05) is 0 Å². The van der Waals surface area contributed by atoms with Crippen molar-refractivity contribution < 1.29 is 14.7 Å². The van der Waals surface area contributed by atoms with Crippen molar-refractivity contribution in [2.45, 2.75) is 25.7 Å². The number of amides is 1. The van der Waals surface area contributed by atoms with Crippen LogP contribution in [0.25, 0.3) is 0 Å². The average molecular weight is 344 g/mol. The van der Waals surface area contributed by atoms with Crippen LogP contribution >= 0.6 is 0 Å². The summed E-state index contributed by atoms with van der Waals surface area (Å²) in [6.45, 7) is 2.59. The first-order chi connectivity index (χ1) is 12.1. The van der Waals surface area contributed by atoms with Gasteiger partial charge in [0.05, 0.1) is 11.8 Å². The zero-order chi connectivity index (χ0) is 17.4. The molecule has 1 aromatic rings. The minimum atomic E-state index is -0.788. The Morgan fingerprint density at radius 2 is 1.48 bits per heavy atom. The lowest BCUT2D eigenvalue weighted by Gasteiger charge is -2.48. The first-order valence-corrected chi connectivity index (χ1v) is 9.18. The molecule has 0 radical (unpaired) electrons. The molecule has 0 aromatic carbocycles. The van der Waals surface area contributed by atoms with Crippen molar-refractivity contribution in [2.24, 2.45) is 23.7 Å². The van der Waals surface area contributed by atoms with Gasteiger partial charge in [-0.25, -0.2) is 9.97 Å². The predicted octanol–water partition coefficient (Wildman–Crippen LogP) is 1.26. The summed E-state index contributed by atoms with van der Waals surface area (Å²) in [7, 11) is 0. The van der Waals surface area contributed by atoms with E-state index in [-0.39, 0.29) is 23.7 Å². The van der Waals surface area contributed by atoms with E-state index >= 15 is 0 Å². The number of hydrogen-bond acceptors (Lipinski definition) is 5. The fourth-order valence-electron chi connectivity index (χ4n) is 4.95. The Balaban J connectivity index is 1.44. The van der Waals surface area contributed by atoms with Crippen molar-refractivity contribution in [3.8, 4) is 0 Å². The van der Waals surface area contributed by atoms with E-state index in [1.165, 1.54) is 0 Å². The summed E-state index contributed by atoms with van der Waals surface area (Å²) in [5, 5.41) is 9.67. The van der Waals surface area contributed by atoms with Crippen LogP contribution in [0.1, 0.15) is 25.7 Å². The Hall–Kier alpha value is -2.18. The normalized spacial score (nSPS) is 31.8. The molecule has 1 saturated heterocycles. The Morgan fingerprint density at radius 1 is 0.920 bits per heavy atom. The van der Waals surface area contributed by atoms with Crippen LogP contribution in [0.3, 0.4) is 0 Å². The number of carbonyl (C=O) groups is 2. The van der Waals surface area contributed by atoms with Crippen LogP contribution in [0.2, 0.25) is 0 Å². The number of hydrogen-bond donors (Lipinski definition) is 1. The van der Waals surface area contributed by atoms with Crippen LogP contribution in [0, 0.1) is 23.7 Å². The van der Waals surface area contributed by atoms with Crippen molar-refractivity contribution in [3.63, 3.8) is 0 Å². The molecule has 1 aromatic heterocycles. The Bertz CT molecular complexity index is 637. The van der Waals surface area contributed by atoms with E-state index < -0.39 is 11.9 Å². The summed E-state index contributed by atoms with van der Waals surface area (Å²) in [6.07, 6.45) is 7.37. The maximum Gasteiger partial charge on any atom is 0.307 e. The number of carbonyl (C=O) groups excluding carboxylic acids is 1. The van der Waals surface area contributed by atoms with Crippen LogP contribution in [0.5, 0.6) is 0 Å². The minimum absolute atomic E-state index is 0.0513. The standard InChI is InChI=1S/C18H24N4O3/c23-16(14-12-2-4-13(5-3-12)15(14)17(24)25)21-8-10-22(11-9-21)18-19-6-1-7-20-18/h1,6-7,12-15H,2-5,8-11H2,(H,24,25)/t12?,13?,14-,15-/m1/s1. The smallest absolute Gasteiger partial charge is 0.307 e. The molecule has 1 amide bonds. The molecule has 2 bridgehead atoms. The van der Waals surface area contributed by atoms with Gasteiger partial charge in [0.2, 0.25) is 11.9 Å². The molecule has 134 valence electrons. The largest absolute Gasteiger partial charge is 0.481 e. The summed E-state index contributed by atoms with van der Waals surface area (Å²) in [4.78, 5) is 37.4. The van der Waals surface area contributed by atoms with Crippen molar-refractivity contribution >= 4 is 17.8 Å². The summed E-state index contributed by atoms with van der Waals surface area (Å²) >= 11 is 0. The summed E-state index contributed by atoms with van der Waals surface area (Å²) in [5.41, 5.74) is 0. The van der Waals surface area contributed by atoms with Crippen LogP contribution < -0.4 is 4.90 Å². The number of carboxylic acid groups (broad SMARTS) is 1. The Morgan fingerprint density at radius 3 is 2.04 bits per heavy atom. The van der Waals surface area contributed by atoms with Crippen LogP contribution in [-0.2, 0) is 9.59 Å². The van der Waals surface area contributed by atoms with Crippen molar-refractivity contribution in [1.29, 1.82) is 0 Å². The molecule has 1 N–H and O–H groups in total. The topological polar surface area (TPSA) is 86.6 Å². The second-order valence-electron chi connectivity index (χ2n) is 7.43. The molecule has 4 fully saturated rings. The van der Waals surface area contributed by atoms with Gasteiger partial charge < -0.3 is 14.9 Å². The van der Waals surface area contributed by atoms with Crippen molar-refractivity contribution in [1.82, 2.24) is 14.9 Å². The van der Waals surface area contributed by atoms with E-state index in [1.54, 1.807) is 18.5 Å². The number of rotatable bonds is 3. The number of aromatic nitrogens is 2. The molecule has 7 nitrogen and oxygen atoms in total.